The number of aromatic nitrogens is 3. The Bertz CT molecular complexity index is 1320. The summed E-state index contributed by atoms with van der Waals surface area (Å²) in [5, 5.41) is 2.76. The summed E-state index contributed by atoms with van der Waals surface area (Å²) in [5.74, 6) is 0.821. The second kappa shape index (κ2) is 10.8. The first kappa shape index (κ1) is 25.0. The monoisotopic (exact) mass is 523 g/mol. The highest BCUT2D eigenvalue weighted by atomic mass is 32.1. The molecule has 0 aliphatic carbocycles. The summed E-state index contributed by atoms with van der Waals surface area (Å²) >= 11 is 4.35. The van der Waals surface area contributed by atoms with Crippen LogP contribution >= 0.6 is 12.8 Å². The number of benzene rings is 1. The summed E-state index contributed by atoms with van der Waals surface area (Å²) < 4.78 is 32.1. The first-order chi connectivity index (χ1) is 17.9. The molecule has 37 heavy (non-hydrogen) atoms. The number of pyridine rings is 1. The van der Waals surface area contributed by atoms with Crippen LogP contribution in [0.25, 0.3) is 22.5 Å². The molecule has 0 saturated carbocycles. The van der Waals surface area contributed by atoms with Crippen molar-refractivity contribution in [1.82, 2.24) is 24.6 Å². The molecule has 0 spiro atoms. The fourth-order valence-electron chi connectivity index (χ4n) is 4.04. The van der Waals surface area contributed by atoms with Gasteiger partial charge in [0.25, 0.3) is 0 Å². The number of ether oxygens (including phenoxy) is 2. The van der Waals surface area contributed by atoms with Crippen molar-refractivity contribution in [2.45, 2.75) is 19.8 Å². The molecule has 1 aliphatic heterocycles. The molecule has 4 aromatic rings. The maximum Gasteiger partial charge on any atom is 0.327 e. The molecule has 5 rings (SSSR count). The van der Waals surface area contributed by atoms with E-state index in [2.05, 4.69) is 28.1 Å². The van der Waals surface area contributed by atoms with Gasteiger partial charge in [0.15, 0.2) is 5.82 Å². The number of aromatic amines is 1. The first-order valence-corrected chi connectivity index (χ1v) is 12.1. The molecule has 0 bridgehead atoms. The van der Waals surface area contributed by atoms with Gasteiger partial charge in [-0.25, -0.2) is 14.2 Å². The third kappa shape index (κ3) is 5.85. The number of carbonyl (C=O) groups excluding carboxylic acids is 1. The van der Waals surface area contributed by atoms with Gasteiger partial charge in [-0.05, 0) is 48.5 Å². The second-order valence-electron chi connectivity index (χ2n) is 9.15. The van der Waals surface area contributed by atoms with Crippen LogP contribution < -0.4 is 5.32 Å². The standard InChI is InChI=1S/C26H26FN5O4S/c1-26(14-32(37)25(33)29-13-20-3-2-12-34-20)15-35-24(36-16-26)23-30-21(17-4-6-19(27)7-5-17)22(31-23)18-8-10-28-11-9-18/h2-12,24,37H,13-16H2,1H3,(H,29,33)(H,30,31). The molecule has 1 fully saturated rings. The number of H-pyrrole nitrogens is 1. The van der Waals surface area contributed by atoms with Crippen LogP contribution in [0.15, 0.2) is 71.6 Å². The molecule has 192 valence electrons. The van der Waals surface area contributed by atoms with Crippen molar-refractivity contribution in [3.8, 4) is 22.5 Å². The van der Waals surface area contributed by atoms with Gasteiger partial charge < -0.3 is 24.2 Å². The Morgan fingerprint density at radius 1 is 1.16 bits per heavy atom. The molecule has 11 heteroatoms. The lowest BCUT2D eigenvalue weighted by Crippen LogP contribution is -2.46. The molecule has 4 heterocycles. The Labute approximate surface area is 218 Å². The number of hydrogen-bond acceptors (Lipinski definition) is 7. The number of urea groups is 1. The number of nitrogens with zero attached hydrogens (tertiary/aromatic N) is 3. The highest BCUT2D eigenvalue weighted by Crippen LogP contribution is 2.36. The van der Waals surface area contributed by atoms with E-state index < -0.39 is 11.7 Å². The Kier molecular flexibility index (Phi) is 7.26. The summed E-state index contributed by atoms with van der Waals surface area (Å²) in [6.45, 7) is 3.16. The quantitative estimate of drug-likeness (QED) is 0.295. The van der Waals surface area contributed by atoms with Gasteiger partial charge in [0.05, 0.1) is 37.4 Å². The molecule has 2 amide bonds. The highest BCUT2D eigenvalue weighted by molar-refractivity contribution is 7.78. The zero-order valence-electron chi connectivity index (χ0n) is 20.1. The highest BCUT2D eigenvalue weighted by Gasteiger charge is 2.37. The molecule has 1 aromatic carbocycles. The van der Waals surface area contributed by atoms with Crippen LogP contribution in [0.4, 0.5) is 9.18 Å². The van der Waals surface area contributed by atoms with Gasteiger partial charge in [0, 0.05) is 35.5 Å². The van der Waals surface area contributed by atoms with Gasteiger partial charge in [-0.3, -0.25) is 9.29 Å². The van der Waals surface area contributed by atoms with Gasteiger partial charge in [-0.2, -0.15) is 0 Å². The molecular weight excluding hydrogens is 497 g/mol. The molecule has 1 aliphatic rings. The number of nitrogens with one attached hydrogen (secondary N) is 2. The van der Waals surface area contributed by atoms with Crippen molar-refractivity contribution in [1.29, 1.82) is 0 Å². The predicted molar refractivity (Wildman–Crippen MR) is 137 cm³/mol. The van der Waals surface area contributed by atoms with Crippen molar-refractivity contribution in [2.75, 3.05) is 19.8 Å². The number of hydrogen-bond donors (Lipinski definition) is 3. The average Bonchev–Trinajstić information content (AvgIpc) is 3.59. The second-order valence-corrected chi connectivity index (χ2v) is 9.63. The third-order valence-electron chi connectivity index (χ3n) is 5.96. The van der Waals surface area contributed by atoms with E-state index in [1.807, 2.05) is 19.1 Å². The van der Waals surface area contributed by atoms with E-state index in [0.29, 0.717) is 37.0 Å². The number of thiol groups is 1. The lowest BCUT2D eigenvalue weighted by molar-refractivity contribution is -0.233. The van der Waals surface area contributed by atoms with E-state index in [1.54, 1.807) is 42.9 Å². The lowest BCUT2D eigenvalue weighted by Gasteiger charge is -2.38. The van der Waals surface area contributed by atoms with Gasteiger partial charge in [-0.15, -0.1) is 0 Å². The average molecular weight is 524 g/mol. The topological polar surface area (TPSA) is 106 Å². The fraction of sp³-hybridized carbons (Fsp3) is 0.269. The molecule has 1 saturated heterocycles. The van der Waals surface area contributed by atoms with Crippen LogP contribution in [0.1, 0.15) is 24.8 Å². The molecule has 0 atom stereocenters. The van der Waals surface area contributed by atoms with Crippen LogP contribution in [0.3, 0.4) is 0 Å². The molecular formula is C26H26FN5O4S. The van der Waals surface area contributed by atoms with Crippen LogP contribution in [-0.2, 0) is 16.0 Å². The van der Waals surface area contributed by atoms with Crippen molar-refractivity contribution >= 4 is 18.8 Å². The maximum atomic E-state index is 13.5. The minimum absolute atomic E-state index is 0.267. The van der Waals surface area contributed by atoms with E-state index in [9.17, 15) is 9.18 Å². The molecule has 9 nitrogen and oxygen atoms in total. The predicted octanol–water partition coefficient (Wildman–Crippen LogP) is 4.98. The SMILES string of the molecule is CC1(CN(S)C(=O)NCc2ccco2)COC(c2nc(-c3ccc(F)cc3)c(-c3ccncc3)[nH]2)OC1. The fourth-order valence-corrected chi connectivity index (χ4v) is 4.45. The Balaban J connectivity index is 1.26. The van der Waals surface area contributed by atoms with Crippen LogP contribution in [0.2, 0.25) is 0 Å². The van der Waals surface area contributed by atoms with E-state index in [0.717, 1.165) is 16.8 Å². The normalized spacial score (nSPS) is 19.5. The number of halogens is 1. The van der Waals surface area contributed by atoms with Crippen molar-refractivity contribution in [3.63, 3.8) is 0 Å². The van der Waals surface area contributed by atoms with E-state index in [4.69, 9.17) is 18.9 Å². The zero-order valence-corrected chi connectivity index (χ0v) is 21.0. The number of carbonyl (C=O) groups is 1. The first-order valence-electron chi connectivity index (χ1n) is 11.7. The summed E-state index contributed by atoms with van der Waals surface area (Å²) in [6.07, 6.45) is 4.20. The van der Waals surface area contributed by atoms with E-state index >= 15 is 0 Å². The molecule has 0 unspecified atom stereocenters. The smallest absolute Gasteiger partial charge is 0.327 e. The number of furan rings is 1. The number of imidazole rings is 1. The number of amides is 2. The summed E-state index contributed by atoms with van der Waals surface area (Å²) in [7, 11) is 0. The summed E-state index contributed by atoms with van der Waals surface area (Å²) in [4.78, 5) is 24.6. The summed E-state index contributed by atoms with van der Waals surface area (Å²) in [5.41, 5.74) is 2.54. The maximum absolute atomic E-state index is 13.5. The molecule has 3 aromatic heterocycles. The third-order valence-corrected chi connectivity index (χ3v) is 6.28. The van der Waals surface area contributed by atoms with Gasteiger partial charge in [-0.1, -0.05) is 19.7 Å². The van der Waals surface area contributed by atoms with Crippen LogP contribution in [0.5, 0.6) is 0 Å². The summed E-state index contributed by atoms with van der Waals surface area (Å²) in [6, 6.07) is 13.1. The number of rotatable bonds is 7. The molecule has 2 N–H and O–H groups in total. The minimum atomic E-state index is -0.732. The molecule has 0 radical (unpaired) electrons. The van der Waals surface area contributed by atoms with Crippen molar-refractivity contribution in [3.05, 3.63) is 84.6 Å². The van der Waals surface area contributed by atoms with E-state index in [-0.39, 0.29) is 18.4 Å². The Morgan fingerprint density at radius 2 is 1.89 bits per heavy atom. The van der Waals surface area contributed by atoms with Crippen LogP contribution in [0, 0.1) is 11.2 Å². The van der Waals surface area contributed by atoms with Gasteiger partial charge in [0.2, 0.25) is 6.29 Å². The zero-order chi connectivity index (χ0) is 25.8. The minimum Gasteiger partial charge on any atom is -0.467 e. The van der Waals surface area contributed by atoms with Crippen molar-refractivity contribution in [2.24, 2.45) is 5.41 Å². The van der Waals surface area contributed by atoms with Crippen LogP contribution in [-0.4, -0.2) is 45.0 Å². The van der Waals surface area contributed by atoms with E-state index in [1.165, 1.54) is 16.4 Å². The van der Waals surface area contributed by atoms with Gasteiger partial charge in [0.1, 0.15) is 11.6 Å². The van der Waals surface area contributed by atoms with Gasteiger partial charge >= 0.3 is 6.03 Å². The lowest BCUT2D eigenvalue weighted by atomic mass is 9.92. The largest absolute Gasteiger partial charge is 0.467 e. The van der Waals surface area contributed by atoms with Crippen molar-refractivity contribution < 1.29 is 23.1 Å². The Hall–Kier alpha value is -3.67. The Morgan fingerprint density at radius 3 is 2.57 bits per heavy atom.